The van der Waals surface area contributed by atoms with E-state index >= 15 is 0 Å². The molecule has 0 saturated carbocycles. The number of nitrogens with zero attached hydrogens (tertiary/aromatic N) is 2. The van der Waals surface area contributed by atoms with Crippen molar-refractivity contribution in [1.82, 2.24) is 9.88 Å². The van der Waals surface area contributed by atoms with Gasteiger partial charge in [-0.05, 0) is 12.5 Å². The molecule has 2 aromatic rings. The van der Waals surface area contributed by atoms with Gasteiger partial charge in [0.15, 0.2) is 5.13 Å². The van der Waals surface area contributed by atoms with Gasteiger partial charge in [0.2, 0.25) is 11.8 Å². The van der Waals surface area contributed by atoms with Gasteiger partial charge >= 0.3 is 0 Å². The molecule has 7 heteroatoms. The van der Waals surface area contributed by atoms with Crippen molar-refractivity contribution < 1.29 is 14.3 Å². The number of ether oxygens (including phenoxy) is 1. The summed E-state index contributed by atoms with van der Waals surface area (Å²) in [4.78, 5) is 33.0. The number of thiazole rings is 1. The van der Waals surface area contributed by atoms with E-state index in [1.165, 1.54) is 16.9 Å². The second kappa shape index (κ2) is 6.53. The molecular weight excluding hydrogens is 374 g/mol. The third-order valence-electron chi connectivity index (χ3n) is 5.87. The molecule has 0 radical (unpaired) electrons. The van der Waals surface area contributed by atoms with E-state index in [9.17, 15) is 9.59 Å². The van der Waals surface area contributed by atoms with E-state index in [4.69, 9.17) is 4.74 Å². The van der Waals surface area contributed by atoms with Crippen molar-refractivity contribution in [2.24, 2.45) is 11.8 Å². The molecule has 0 unspecified atom stereocenters. The van der Waals surface area contributed by atoms with E-state index in [1.807, 2.05) is 37.3 Å². The first-order valence-electron chi connectivity index (χ1n) is 9.55. The Morgan fingerprint density at radius 3 is 3.00 bits per heavy atom. The summed E-state index contributed by atoms with van der Waals surface area (Å²) in [6.07, 6.45) is 6.14. The lowest BCUT2D eigenvalue weighted by atomic mass is 9.77. The number of likely N-dealkylation sites (tertiary alicyclic amines) is 1. The van der Waals surface area contributed by atoms with Crippen LogP contribution in [0.15, 0.2) is 48.7 Å². The average Bonchev–Trinajstić information content (AvgIpc) is 3.44. The van der Waals surface area contributed by atoms with Crippen LogP contribution >= 0.6 is 11.3 Å². The number of amides is 2. The van der Waals surface area contributed by atoms with Crippen molar-refractivity contribution in [3.63, 3.8) is 0 Å². The van der Waals surface area contributed by atoms with Gasteiger partial charge in [-0.25, -0.2) is 4.98 Å². The summed E-state index contributed by atoms with van der Waals surface area (Å²) in [6.45, 7) is 3.11. The van der Waals surface area contributed by atoms with Gasteiger partial charge in [0.05, 0.1) is 24.5 Å². The summed E-state index contributed by atoms with van der Waals surface area (Å²) < 4.78 is 6.09. The Balaban J connectivity index is 1.31. The predicted octanol–water partition coefficient (Wildman–Crippen LogP) is 2.47. The second-order valence-corrected chi connectivity index (χ2v) is 8.65. The standard InChI is InChI=1S/C21H21N3O3S/c1-2-24-12-21-9-8-15(27-21)16(17(21)19(24)26)18(25)23-20-22-11-14(28-20)10-13-6-4-3-5-7-13/h3-9,11,15-17H,2,10,12H2,1H3,(H,22,23,25)/t15-,16-,17+,21-/m1/s1. The number of rotatable bonds is 5. The maximum Gasteiger partial charge on any atom is 0.233 e. The number of benzene rings is 1. The summed E-state index contributed by atoms with van der Waals surface area (Å²) >= 11 is 1.47. The molecule has 144 valence electrons. The van der Waals surface area contributed by atoms with Crippen molar-refractivity contribution >= 4 is 28.3 Å². The number of nitrogens with one attached hydrogen (secondary N) is 1. The molecule has 2 amide bonds. The number of hydrogen-bond donors (Lipinski definition) is 1. The van der Waals surface area contributed by atoms with E-state index < -0.39 is 17.4 Å². The first-order valence-corrected chi connectivity index (χ1v) is 10.4. The third-order valence-corrected chi connectivity index (χ3v) is 6.78. The molecule has 3 aliphatic rings. The number of anilines is 1. The van der Waals surface area contributed by atoms with Crippen molar-refractivity contribution in [1.29, 1.82) is 0 Å². The minimum absolute atomic E-state index is 0.0124. The van der Waals surface area contributed by atoms with E-state index in [0.29, 0.717) is 18.2 Å². The lowest BCUT2D eigenvalue weighted by Crippen LogP contribution is -2.41. The maximum absolute atomic E-state index is 13.0. The van der Waals surface area contributed by atoms with Gasteiger partial charge in [-0.3, -0.25) is 9.59 Å². The number of hydrogen-bond acceptors (Lipinski definition) is 5. The molecule has 1 spiro atoms. The molecule has 0 aliphatic carbocycles. The van der Waals surface area contributed by atoms with E-state index in [-0.39, 0.29) is 17.9 Å². The predicted molar refractivity (Wildman–Crippen MR) is 106 cm³/mol. The summed E-state index contributed by atoms with van der Waals surface area (Å²) in [5.41, 5.74) is 0.565. The SMILES string of the molecule is CCN1C[C@@]23C=C[C@@H](O2)[C@@H](C(=O)Nc2ncc(Cc4ccccc4)s2)[C@H]3C1=O. The minimum Gasteiger partial charge on any atom is -0.360 e. The lowest BCUT2D eigenvalue weighted by Gasteiger charge is -2.23. The highest BCUT2D eigenvalue weighted by Crippen LogP contribution is 2.52. The Bertz CT molecular complexity index is 957. The molecule has 1 aromatic heterocycles. The van der Waals surface area contributed by atoms with Gasteiger partial charge in [-0.2, -0.15) is 0 Å². The average molecular weight is 395 g/mol. The molecule has 1 aromatic carbocycles. The minimum atomic E-state index is -0.638. The summed E-state index contributed by atoms with van der Waals surface area (Å²) in [7, 11) is 0. The van der Waals surface area contributed by atoms with Crippen molar-refractivity contribution in [3.05, 3.63) is 59.1 Å². The number of carbonyl (C=O) groups is 2. The summed E-state index contributed by atoms with van der Waals surface area (Å²) in [5.74, 6) is -1.12. The van der Waals surface area contributed by atoms with E-state index in [2.05, 4.69) is 22.4 Å². The zero-order valence-electron chi connectivity index (χ0n) is 15.5. The highest BCUT2D eigenvalue weighted by atomic mass is 32.1. The monoisotopic (exact) mass is 395 g/mol. The first-order chi connectivity index (χ1) is 13.6. The Morgan fingerprint density at radius 2 is 2.21 bits per heavy atom. The molecule has 28 heavy (non-hydrogen) atoms. The van der Waals surface area contributed by atoms with Gasteiger partial charge in [0.1, 0.15) is 5.60 Å². The van der Waals surface area contributed by atoms with Crippen LogP contribution < -0.4 is 5.32 Å². The van der Waals surface area contributed by atoms with Gasteiger partial charge in [-0.15, -0.1) is 11.3 Å². The van der Waals surface area contributed by atoms with Crippen LogP contribution in [0.3, 0.4) is 0 Å². The molecule has 1 N–H and O–H groups in total. The van der Waals surface area contributed by atoms with E-state index in [1.54, 1.807) is 11.1 Å². The molecular formula is C21H21N3O3S. The van der Waals surface area contributed by atoms with Crippen molar-refractivity contribution in [2.45, 2.75) is 25.0 Å². The summed E-state index contributed by atoms with van der Waals surface area (Å²) in [5, 5.41) is 3.49. The lowest BCUT2D eigenvalue weighted by molar-refractivity contribution is -0.135. The number of likely N-dealkylation sites (N-methyl/N-ethyl adjacent to an activating group) is 1. The summed E-state index contributed by atoms with van der Waals surface area (Å²) in [6, 6.07) is 10.2. The number of aromatic nitrogens is 1. The molecule has 2 bridgehead atoms. The van der Waals surface area contributed by atoms with Crippen LogP contribution in [0.2, 0.25) is 0 Å². The van der Waals surface area contributed by atoms with Crippen molar-refractivity contribution in [3.8, 4) is 0 Å². The number of fused-ring (bicyclic) bond motifs is 1. The van der Waals surface area contributed by atoms with Gasteiger partial charge in [-0.1, -0.05) is 42.5 Å². The molecule has 2 saturated heterocycles. The molecule has 4 heterocycles. The highest BCUT2D eigenvalue weighted by molar-refractivity contribution is 7.15. The Hall–Kier alpha value is -2.51. The Kier molecular flexibility index (Phi) is 4.10. The fourth-order valence-electron chi connectivity index (χ4n) is 4.58. The van der Waals surface area contributed by atoms with Crippen LogP contribution in [-0.4, -0.2) is 46.5 Å². The Morgan fingerprint density at radius 1 is 1.39 bits per heavy atom. The largest absolute Gasteiger partial charge is 0.360 e. The van der Waals surface area contributed by atoms with E-state index in [0.717, 1.165) is 11.3 Å². The molecule has 4 atom stereocenters. The van der Waals surface area contributed by atoms with Crippen molar-refractivity contribution in [2.75, 3.05) is 18.4 Å². The van der Waals surface area contributed by atoms with Crippen LogP contribution in [0.1, 0.15) is 17.4 Å². The molecule has 2 fully saturated rings. The van der Waals surface area contributed by atoms with Crippen LogP contribution in [0.5, 0.6) is 0 Å². The number of carbonyl (C=O) groups excluding carboxylic acids is 2. The zero-order valence-corrected chi connectivity index (χ0v) is 16.3. The maximum atomic E-state index is 13.0. The molecule has 3 aliphatic heterocycles. The molecule has 5 rings (SSSR count). The van der Waals surface area contributed by atoms with Gasteiger partial charge < -0.3 is 15.0 Å². The van der Waals surface area contributed by atoms with Crippen LogP contribution in [-0.2, 0) is 20.7 Å². The van der Waals surface area contributed by atoms with Gasteiger partial charge in [0, 0.05) is 24.0 Å². The normalized spacial score (nSPS) is 30.1. The third kappa shape index (κ3) is 2.69. The molecule has 6 nitrogen and oxygen atoms in total. The van der Waals surface area contributed by atoms with Crippen LogP contribution in [0.4, 0.5) is 5.13 Å². The zero-order chi connectivity index (χ0) is 19.3. The van der Waals surface area contributed by atoms with Gasteiger partial charge in [0.25, 0.3) is 0 Å². The topological polar surface area (TPSA) is 71.5 Å². The smallest absolute Gasteiger partial charge is 0.233 e. The quantitative estimate of drug-likeness (QED) is 0.790. The fourth-order valence-corrected chi connectivity index (χ4v) is 5.43. The first kappa shape index (κ1) is 17.6. The Labute approximate surface area is 167 Å². The highest BCUT2D eigenvalue weighted by Gasteiger charge is 2.66. The second-order valence-electron chi connectivity index (χ2n) is 7.54. The fraction of sp³-hybridized carbons (Fsp3) is 0.381. The van der Waals surface area contributed by atoms with Crippen LogP contribution in [0, 0.1) is 11.8 Å². The van der Waals surface area contributed by atoms with Crippen LogP contribution in [0.25, 0.3) is 0 Å².